The second-order valence-corrected chi connectivity index (χ2v) is 5.23. The van der Waals surface area contributed by atoms with Gasteiger partial charge in [0, 0.05) is 25.0 Å². The van der Waals surface area contributed by atoms with Crippen molar-refractivity contribution in [2.45, 2.75) is 25.7 Å². The van der Waals surface area contributed by atoms with E-state index in [0.29, 0.717) is 6.54 Å². The first kappa shape index (κ1) is 12.9. The van der Waals surface area contributed by atoms with Gasteiger partial charge in [-0.05, 0) is 18.1 Å². The van der Waals surface area contributed by atoms with Gasteiger partial charge in [0.2, 0.25) is 0 Å². The van der Waals surface area contributed by atoms with Gasteiger partial charge in [0.1, 0.15) is 5.82 Å². The van der Waals surface area contributed by atoms with Crippen molar-refractivity contribution in [3.63, 3.8) is 0 Å². The van der Waals surface area contributed by atoms with Crippen molar-refractivity contribution in [1.82, 2.24) is 10.6 Å². The van der Waals surface area contributed by atoms with Crippen molar-refractivity contribution in [3.8, 4) is 0 Å². The summed E-state index contributed by atoms with van der Waals surface area (Å²) in [6.45, 7) is 6.52. The van der Waals surface area contributed by atoms with Crippen LogP contribution in [0.1, 0.15) is 25.8 Å². The summed E-state index contributed by atoms with van der Waals surface area (Å²) in [6, 6.07) is 6.94. The van der Waals surface area contributed by atoms with Crippen molar-refractivity contribution in [3.05, 3.63) is 35.6 Å². The summed E-state index contributed by atoms with van der Waals surface area (Å²) in [6.07, 6.45) is 1.07. The largest absolute Gasteiger partial charge is 0.356 e. The zero-order chi connectivity index (χ0) is 13.0. The number of halogens is 1. The highest BCUT2D eigenvalue weighted by molar-refractivity contribution is 5.80. The summed E-state index contributed by atoms with van der Waals surface area (Å²) in [7, 11) is 0. The van der Waals surface area contributed by atoms with Crippen LogP contribution in [0.2, 0.25) is 0 Å². The average molecular weight is 249 g/mol. The second kappa shape index (κ2) is 5.38. The fourth-order valence-electron chi connectivity index (χ4n) is 2.06. The van der Waals surface area contributed by atoms with Gasteiger partial charge < -0.3 is 10.6 Å². The van der Waals surface area contributed by atoms with Crippen LogP contribution in [-0.4, -0.2) is 25.6 Å². The smallest absolute Gasteiger partial charge is 0.191 e. The lowest BCUT2D eigenvalue weighted by atomic mass is 9.84. The highest BCUT2D eigenvalue weighted by atomic mass is 19.1. The van der Waals surface area contributed by atoms with E-state index in [9.17, 15) is 4.39 Å². The molecule has 4 heteroatoms. The minimum absolute atomic E-state index is 0.150. The predicted molar refractivity (Wildman–Crippen MR) is 72.4 cm³/mol. The molecule has 0 fully saturated rings. The van der Waals surface area contributed by atoms with E-state index in [4.69, 9.17) is 0 Å². The number of guanidine groups is 1. The van der Waals surface area contributed by atoms with E-state index in [0.717, 1.165) is 31.0 Å². The van der Waals surface area contributed by atoms with Crippen molar-refractivity contribution >= 4 is 5.96 Å². The summed E-state index contributed by atoms with van der Waals surface area (Å²) >= 11 is 0. The highest BCUT2D eigenvalue weighted by Crippen LogP contribution is 2.24. The number of rotatable bonds is 3. The summed E-state index contributed by atoms with van der Waals surface area (Å²) in [4.78, 5) is 4.35. The summed E-state index contributed by atoms with van der Waals surface area (Å²) in [5.41, 5.74) is 0.460. The second-order valence-electron chi connectivity index (χ2n) is 5.23. The van der Waals surface area contributed by atoms with E-state index < -0.39 is 0 Å². The average Bonchev–Trinajstić information content (AvgIpc) is 2.38. The molecular weight excluding hydrogens is 229 g/mol. The Bertz CT molecular complexity index is 440. The molecule has 3 nitrogen and oxygen atoms in total. The Kier molecular flexibility index (Phi) is 3.84. The number of hydrogen-bond acceptors (Lipinski definition) is 3. The van der Waals surface area contributed by atoms with Gasteiger partial charge in [0.05, 0.1) is 0 Å². The molecule has 0 saturated heterocycles. The van der Waals surface area contributed by atoms with Gasteiger partial charge in [0.25, 0.3) is 0 Å². The Morgan fingerprint density at radius 1 is 1.39 bits per heavy atom. The summed E-state index contributed by atoms with van der Waals surface area (Å²) in [5, 5.41) is 6.46. The standard InChI is InChI=1S/C14H20FN3/c1-14(2,11-6-3-4-7-12(11)15)10-18-13-16-8-5-9-17-13/h3-4,6-7H,5,8-10H2,1-2H3,(H2,16,17,18). The Morgan fingerprint density at radius 2 is 2.17 bits per heavy atom. The zero-order valence-corrected chi connectivity index (χ0v) is 11.0. The van der Waals surface area contributed by atoms with Crippen LogP contribution in [0.4, 0.5) is 4.39 Å². The van der Waals surface area contributed by atoms with Crippen molar-refractivity contribution < 1.29 is 4.39 Å². The van der Waals surface area contributed by atoms with Gasteiger partial charge >= 0.3 is 0 Å². The third kappa shape index (κ3) is 3.00. The van der Waals surface area contributed by atoms with Crippen LogP contribution < -0.4 is 10.6 Å². The number of hydrogen-bond donors (Lipinski definition) is 2. The maximum atomic E-state index is 13.8. The van der Waals surface area contributed by atoms with E-state index in [1.807, 2.05) is 26.0 Å². The first-order valence-electron chi connectivity index (χ1n) is 6.37. The minimum atomic E-state index is -0.271. The number of nitrogens with zero attached hydrogens (tertiary/aromatic N) is 1. The molecule has 0 bridgehead atoms. The molecule has 2 rings (SSSR count). The third-order valence-electron chi connectivity index (χ3n) is 3.20. The molecule has 98 valence electrons. The van der Waals surface area contributed by atoms with E-state index in [2.05, 4.69) is 15.6 Å². The lowest BCUT2D eigenvalue weighted by molar-refractivity contribution is 0.471. The van der Waals surface area contributed by atoms with Gasteiger partial charge in [0.15, 0.2) is 5.96 Å². The maximum absolute atomic E-state index is 13.8. The quantitative estimate of drug-likeness (QED) is 0.860. The van der Waals surface area contributed by atoms with Crippen LogP contribution in [0.15, 0.2) is 29.3 Å². The molecule has 1 aromatic rings. The van der Waals surface area contributed by atoms with Gasteiger partial charge in [-0.2, -0.15) is 0 Å². The van der Waals surface area contributed by atoms with Gasteiger partial charge in [-0.15, -0.1) is 0 Å². The molecule has 1 heterocycles. The molecule has 0 atom stereocenters. The van der Waals surface area contributed by atoms with E-state index in [1.165, 1.54) is 6.07 Å². The topological polar surface area (TPSA) is 36.4 Å². The lowest BCUT2D eigenvalue weighted by Crippen LogP contribution is -2.45. The number of benzene rings is 1. The van der Waals surface area contributed by atoms with Crippen LogP contribution in [0.5, 0.6) is 0 Å². The van der Waals surface area contributed by atoms with Crippen LogP contribution >= 0.6 is 0 Å². The Morgan fingerprint density at radius 3 is 2.83 bits per heavy atom. The fourth-order valence-corrected chi connectivity index (χ4v) is 2.06. The van der Waals surface area contributed by atoms with E-state index in [-0.39, 0.29) is 11.2 Å². The Hall–Kier alpha value is -1.58. The molecule has 0 saturated carbocycles. The van der Waals surface area contributed by atoms with Crippen molar-refractivity contribution in [1.29, 1.82) is 0 Å². The molecule has 18 heavy (non-hydrogen) atoms. The Labute approximate surface area is 108 Å². The SMILES string of the molecule is CC(C)(CNC1=NCCCN1)c1ccccc1F. The van der Waals surface area contributed by atoms with Crippen LogP contribution in [-0.2, 0) is 5.41 Å². The summed E-state index contributed by atoms with van der Waals surface area (Å²) < 4.78 is 13.8. The maximum Gasteiger partial charge on any atom is 0.191 e. The highest BCUT2D eigenvalue weighted by Gasteiger charge is 2.24. The molecule has 1 aliphatic heterocycles. The first-order chi connectivity index (χ1) is 8.59. The number of aliphatic imine (C=N–C) groups is 1. The monoisotopic (exact) mass is 249 g/mol. The van der Waals surface area contributed by atoms with Crippen LogP contribution in [0.3, 0.4) is 0 Å². The molecule has 0 aromatic heterocycles. The zero-order valence-electron chi connectivity index (χ0n) is 11.0. The normalized spacial score (nSPS) is 15.8. The molecular formula is C14H20FN3. The van der Waals surface area contributed by atoms with Gasteiger partial charge in [-0.3, -0.25) is 4.99 Å². The molecule has 1 aliphatic rings. The Balaban J connectivity index is 2.03. The molecule has 0 unspecified atom stereocenters. The molecule has 0 spiro atoms. The van der Waals surface area contributed by atoms with E-state index >= 15 is 0 Å². The molecule has 2 N–H and O–H groups in total. The lowest BCUT2D eigenvalue weighted by Gasteiger charge is -2.27. The fraction of sp³-hybridized carbons (Fsp3) is 0.500. The van der Waals surface area contributed by atoms with Gasteiger partial charge in [-0.25, -0.2) is 4.39 Å². The molecule has 0 amide bonds. The summed E-state index contributed by atoms with van der Waals surface area (Å²) in [5.74, 6) is 0.675. The molecule has 1 aromatic carbocycles. The van der Waals surface area contributed by atoms with E-state index in [1.54, 1.807) is 6.07 Å². The minimum Gasteiger partial charge on any atom is -0.356 e. The van der Waals surface area contributed by atoms with Crippen LogP contribution in [0.25, 0.3) is 0 Å². The number of nitrogens with one attached hydrogen (secondary N) is 2. The first-order valence-corrected chi connectivity index (χ1v) is 6.37. The van der Waals surface area contributed by atoms with Crippen molar-refractivity contribution in [2.24, 2.45) is 4.99 Å². The predicted octanol–water partition coefficient (Wildman–Crippen LogP) is 2.04. The molecule has 0 aliphatic carbocycles. The van der Waals surface area contributed by atoms with Crippen LogP contribution in [0, 0.1) is 5.82 Å². The van der Waals surface area contributed by atoms with Crippen molar-refractivity contribution in [2.75, 3.05) is 19.6 Å². The molecule has 0 radical (unpaired) electrons. The van der Waals surface area contributed by atoms with Gasteiger partial charge in [-0.1, -0.05) is 32.0 Å². The third-order valence-corrected chi connectivity index (χ3v) is 3.20.